The molecule has 4 saturated carbocycles. The van der Waals surface area contributed by atoms with E-state index >= 15 is 0 Å². The minimum absolute atomic E-state index is 0.0414. The van der Waals surface area contributed by atoms with Crippen LogP contribution < -0.4 is 5.32 Å². The molecule has 2 aromatic rings. The van der Waals surface area contributed by atoms with Gasteiger partial charge in [-0.3, -0.25) is 4.79 Å². The first-order valence-corrected chi connectivity index (χ1v) is 13.0. The van der Waals surface area contributed by atoms with Gasteiger partial charge in [-0.1, -0.05) is 44.2 Å². The van der Waals surface area contributed by atoms with Crippen molar-refractivity contribution in [2.24, 2.45) is 23.2 Å². The lowest BCUT2D eigenvalue weighted by atomic mass is 9.48. The maximum atomic E-state index is 13.8. The van der Waals surface area contributed by atoms with Crippen LogP contribution in [0.1, 0.15) is 100 Å². The molecule has 4 fully saturated rings. The van der Waals surface area contributed by atoms with Crippen molar-refractivity contribution < 1.29 is 4.79 Å². The van der Waals surface area contributed by atoms with Gasteiger partial charge in [0.15, 0.2) is 5.78 Å². The third-order valence-electron chi connectivity index (χ3n) is 9.63. The van der Waals surface area contributed by atoms with E-state index in [1.807, 2.05) is 6.20 Å². The Bertz CT molecular complexity index is 968. The van der Waals surface area contributed by atoms with Crippen molar-refractivity contribution in [2.75, 3.05) is 5.32 Å². The summed E-state index contributed by atoms with van der Waals surface area (Å²) in [6.07, 6.45) is 13.7. The molecule has 4 nitrogen and oxygen atoms in total. The number of hydrogen-bond acceptors (Lipinski definition) is 3. The molecule has 5 aliphatic rings. The minimum Gasteiger partial charge on any atom is -0.363 e. The average molecular weight is 432 g/mol. The van der Waals surface area contributed by atoms with Gasteiger partial charge < -0.3 is 5.32 Å². The molecular weight excluding hydrogens is 394 g/mol. The van der Waals surface area contributed by atoms with Crippen LogP contribution >= 0.6 is 0 Å². The molecule has 2 heterocycles. The molecule has 4 heteroatoms. The van der Waals surface area contributed by atoms with E-state index < -0.39 is 0 Å². The number of ketones is 1. The molecule has 1 aromatic heterocycles. The van der Waals surface area contributed by atoms with E-state index in [1.165, 1.54) is 44.1 Å². The van der Waals surface area contributed by atoms with Crippen LogP contribution in [-0.2, 0) is 5.54 Å². The van der Waals surface area contributed by atoms with E-state index in [-0.39, 0.29) is 17.0 Å². The number of hydrogen-bond donors (Lipinski definition) is 1. The van der Waals surface area contributed by atoms with Crippen LogP contribution in [0.3, 0.4) is 0 Å². The standard InChI is InChI=1S/C28H37N3O/c1-3-28(4-2)16-24(22-8-6-5-7-9-22)30-26-23(18-29-31(26)28)25(32)17-27-13-19-10-20(14-27)12-21(11-19)15-27/h5-9,18-21,24,30H,3-4,10-17H2,1-2H3. The van der Waals surface area contributed by atoms with Crippen LogP contribution in [0.5, 0.6) is 0 Å². The predicted molar refractivity (Wildman–Crippen MR) is 128 cm³/mol. The number of aromatic nitrogens is 2. The summed E-state index contributed by atoms with van der Waals surface area (Å²) in [6, 6.07) is 10.9. The summed E-state index contributed by atoms with van der Waals surface area (Å²) in [6.45, 7) is 4.53. The summed E-state index contributed by atoms with van der Waals surface area (Å²) in [5.74, 6) is 3.91. The Morgan fingerprint density at radius 3 is 2.22 bits per heavy atom. The molecule has 0 spiro atoms. The maximum Gasteiger partial charge on any atom is 0.168 e. The third kappa shape index (κ3) is 3.16. The van der Waals surface area contributed by atoms with Crippen molar-refractivity contribution in [1.29, 1.82) is 0 Å². The summed E-state index contributed by atoms with van der Waals surface area (Å²) >= 11 is 0. The quantitative estimate of drug-likeness (QED) is 0.515. The van der Waals surface area contributed by atoms with E-state index in [2.05, 4.69) is 54.2 Å². The van der Waals surface area contributed by atoms with Gasteiger partial charge in [-0.25, -0.2) is 4.68 Å². The number of Topliss-reactive ketones (excluding diaryl/α,β-unsaturated/α-hetero) is 1. The SMILES string of the molecule is CCC1(CC)CC(c2ccccc2)Nc2c(C(=O)CC34CC5CC(CC(C5)C3)C4)cnn21. The lowest BCUT2D eigenvalue weighted by Crippen LogP contribution is -2.47. The lowest BCUT2D eigenvalue weighted by molar-refractivity contribution is -0.0524. The van der Waals surface area contributed by atoms with E-state index in [1.54, 1.807) is 0 Å². The Morgan fingerprint density at radius 2 is 1.62 bits per heavy atom. The highest BCUT2D eigenvalue weighted by Crippen LogP contribution is 2.61. The fourth-order valence-corrected chi connectivity index (χ4v) is 8.40. The number of carbonyl (C=O) groups is 1. The van der Waals surface area contributed by atoms with Gasteiger partial charge in [0.1, 0.15) is 5.82 Å². The normalized spacial score (nSPS) is 34.2. The molecule has 1 N–H and O–H groups in total. The van der Waals surface area contributed by atoms with Gasteiger partial charge >= 0.3 is 0 Å². The summed E-state index contributed by atoms with van der Waals surface area (Å²) in [7, 11) is 0. The molecule has 1 unspecified atom stereocenters. The van der Waals surface area contributed by atoms with Crippen LogP contribution in [0.2, 0.25) is 0 Å². The van der Waals surface area contributed by atoms with Crippen molar-refractivity contribution in [2.45, 2.75) is 89.6 Å². The second-order valence-electron chi connectivity index (χ2n) is 11.6. The summed E-state index contributed by atoms with van der Waals surface area (Å²) in [4.78, 5) is 13.8. The Balaban J connectivity index is 1.32. The molecule has 0 saturated heterocycles. The zero-order chi connectivity index (χ0) is 21.9. The number of anilines is 1. The van der Waals surface area contributed by atoms with Gasteiger partial charge in [0, 0.05) is 6.42 Å². The molecule has 170 valence electrons. The molecule has 0 amide bonds. The molecular formula is C28H37N3O. The summed E-state index contributed by atoms with van der Waals surface area (Å²) < 4.78 is 2.17. The molecule has 1 atom stereocenters. The highest BCUT2D eigenvalue weighted by atomic mass is 16.1. The van der Waals surface area contributed by atoms with E-state index in [0.717, 1.165) is 54.8 Å². The summed E-state index contributed by atoms with van der Waals surface area (Å²) in [5.41, 5.74) is 2.35. The molecule has 0 radical (unpaired) electrons. The first-order valence-electron chi connectivity index (χ1n) is 13.0. The number of nitrogens with zero attached hydrogens (tertiary/aromatic N) is 2. The number of rotatable bonds is 6. The maximum absolute atomic E-state index is 13.8. The zero-order valence-electron chi connectivity index (χ0n) is 19.6. The number of benzene rings is 1. The van der Waals surface area contributed by atoms with Crippen molar-refractivity contribution >= 4 is 11.6 Å². The lowest BCUT2D eigenvalue weighted by Gasteiger charge is -2.56. The number of fused-ring (bicyclic) bond motifs is 1. The van der Waals surface area contributed by atoms with Crippen molar-refractivity contribution in [3.05, 3.63) is 47.7 Å². The molecule has 32 heavy (non-hydrogen) atoms. The van der Waals surface area contributed by atoms with E-state index in [4.69, 9.17) is 5.10 Å². The van der Waals surface area contributed by atoms with Gasteiger partial charge in [0.2, 0.25) is 0 Å². The van der Waals surface area contributed by atoms with E-state index in [9.17, 15) is 4.79 Å². The highest BCUT2D eigenvalue weighted by molar-refractivity contribution is 6.01. The van der Waals surface area contributed by atoms with Gasteiger partial charge in [-0.05, 0) is 86.5 Å². The fourth-order valence-electron chi connectivity index (χ4n) is 8.40. The van der Waals surface area contributed by atoms with Crippen LogP contribution in [-0.4, -0.2) is 15.6 Å². The molecule has 4 bridgehead atoms. The van der Waals surface area contributed by atoms with Gasteiger partial charge in [-0.2, -0.15) is 5.10 Å². The van der Waals surface area contributed by atoms with Crippen molar-refractivity contribution in [1.82, 2.24) is 9.78 Å². The van der Waals surface area contributed by atoms with Crippen molar-refractivity contribution in [3.63, 3.8) is 0 Å². The van der Waals surface area contributed by atoms with Crippen LogP contribution in [0, 0.1) is 23.2 Å². The number of carbonyl (C=O) groups excluding carboxylic acids is 1. The molecule has 4 aliphatic carbocycles. The minimum atomic E-state index is -0.0414. The molecule has 7 rings (SSSR count). The average Bonchev–Trinajstić information content (AvgIpc) is 3.22. The Hall–Kier alpha value is -2.10. The zero-order valence-corrected chi connectivity index (χ0v) is 19.6. The second kappa shape index (κ2) is 7.46. The largest absolute Gasteiger partial charge is 0.363 e. The van der Waals surface area contributed by atoms with Crippen molar-refractivity contribution in [3.8, 4) is 0 Å². The van der Waals surface area contributed by atoms with Gasteiger partial charge in [0.25, 0.3) is 0 Å². The second-order valence-corrected chi connectivity index (χ2v) is 11.6. The van der Waals surface area contributed by atoms with Gasteiger partial charge in [-0.15, -0.1) is 0 Å². The van der Waals surface area contributed by atoms with Crippen LogP contribution in [0.15, 0.2) is 36.5 Å². The highest BCUT2D eigenvalue weighted by Gasteiger charge is 2.52. The smallest absolute Gasteiger partial charge is 0.168 e. The fraction of sp³-hybridized carbons (Fsp3) is 0.643. The molecule has 1 aromatic carbocycles. The first-order chi connectivity index (χ1) is 15.5. The topological polar surface area (TPSA) is 46.9 Å². The van der Waals surface area contributed by atoms with E-state index in [0.29, 0.717) is 5.78 Å². The first kappa shape index (κ1) is 20.5. The Morgan fingerprint density at radius 1 is 1.00 bits per heavy atom. The van der Waals surface area contributed by atoms with Gasteiger partial charge in [0.05, 0.1) is 23.3 Å². The monoisotopic (exact) mass is 431 g/mol. The van der Waals surface area contributed by atoms with Crippen LogP contribution in [0.4, 0.5) is 5.82 Å². The third-order valence-corrected chi connectivity index (χ3v) is 9.63. The Labute approximate surface area is 192 Å². The predicted octanol–water partition coefficient (Wildman–Crippen LogP) is 6.74. The molecule has 1 aliphatic heterocycles. The number of nitrogens with one attached hydrogen (secondary N) is 1. The Kier molecular flexibility index (Phi) is 4.78. The van der Waals surface area contributed by atoms with Crippen LogP contribution in [0.25, 0.3) is 0 Å². The summed E-state index contributed by atoms with van der Waals surface area (Å²) in [5, 5.41) is 8.58.